The van der Waals surface area contributed by atoms with Crippen LogP contribution < -0.4 is 4.74 Å². The summed E-state index contributed by atoms with van der Waals surface area (Å²) in [4.78, 5) is 0. The molecule has 0 aromatic heterocycles. The second-order valence-corrected chi connectivity index (χ2v) is 7.40. The number of unbranched alkanes of at least 4 members (excludes halogenated alkanes) is 3. The van der Waals surface area contributed by atoms with Crippen LogP contribution in [0.1, 0.15) is 55.4 Å². The standard InChI is InChI=1S/C24H27F2NO4/c1-2-3-4-5-12-28-22-16-30-21(15-31-22)18-8-6-17(7-9-18)14-29-20-11-10-19(13-27)23(25)24(20)26/h6-11,21-22H,2-5,12,14-16H2,1H3. The van der Waals surface area contributed by atoms with Crippen molar-refractivity contribution < 1.29 is 27.7 Å². The van der Waals surface area contributed by atoms with Gasteiger partial charge in [0.05, 0.1) is 18.8 Å². The Morgan fingerprint density at radius 1 is 1.00 bits per heavy atom. The highest BCUT2D eigenvalue weighted by Gasteiger charge is 2.24. The van der Waals surface area contributed by atoms with Gasteiger partial charge in [0.2, 0.25) is 5.82 Å². The Morgan fingerprint density at radius 3 is 2.48 bits per heavy atom. The highest BCUT2D eigenvalue weighted by Crippen LogP contribution is 2.26. The molecule has 2 unspecified atom stereocenters. The predicted octanol–water partition coefficient (Wildman–Crippen LogP) is 5.43. The van der Waals surface area contributed by atoms with Gasteiger partial charge >= 0.3 is 0 Å². The fourth-order valence-electron chi connectivity index (χ4n) is 3.24. The van der Waals surface area contributed by atoms with Crippen LogP contribution in [0.25, 0.3) is 0 Å². The molecule has 2 aromatic rings. The van der Waals surface area contributed by atoms with Crippen LogP contribution in [-0.4, -0.2) is 26.1 Å². The Morgan fingerprint density at radius 2 is 1.81 bits per heavy atom. The van der Waals surface area contributed by atoms with Gasteiger partial charge in [-0.1, -0.05) is 50.5 Å². The minimum absolute atomic E-state index is 0.0680. The summed E-state index contributed by atoms with van der Waals surface area (Å²) in [7, 11) is 0. The zero-order valence-corrected chi connectivity index (χ0v) is 17.6. The molecular formula is C24H27F2NO4. The molecule has 31 heavy (non-hydrogen) atoms. The van der Waals surface area contributed by atoms with E-state index in [4.69, 9.17) is 24.2 Å². The van der Waals surface area contributed by atoms with Crippen molar-refractivity contribution in [2.45, 2.75) is 51.6 Å². The van der Waals surface area contributed by atoms with Gasteiger partial charge in [0.15, 0.2) is 17.9 Å². The molecule has 0 N–H and O–H groups in total. The second kappa shape index (κ2) is 11.8. The number of nitriles is 1. The van der Waals surface area contributed by atoms with E-state index < -0.39 is 11.6 Å². The molecule has 0 radical (unpaired) electrons. The van der Waals surface area contributed by atoms with Crippen LogP contribution in [0.3, 0.4) is 0 Å². The zero-order chi connectivity index (χ0) is 22.1. The lowest BCUT2D eigenvalue weighted by Crippen LogP contribution is -2.33. The smallest absolute Gasteiger partial charge is 0.202 e. The first-order chi connectivity index (χ1) is 15.1. The number of benzene rings is 2. The van der Waals surface area contributed by atoms with E-state index >= 15 is 0 Å². The Bertz CT molecular complexity index is 874. The molecule has 1 aliphatic heterocycles. The van der Waals surface area contributed by atoms with Crippen molar-refractivity contribution in [2.24, 2.45) is 0 Å². The first-order valence-electron chi connectivity index (χ1n) is 10.6. The molecule has 1 saturated heterocycles. The van der Waals surface area contributed by atoms with Crippen LogP contribution in [0.4, 0.5) is 8.78 Å². The summed E-state index contributed by atoms with van der Waals surface area (Å²) in [6.45, 7) is 3.71. The van der Waals surface area contributed by atoms with Gasteiger partial charge in [-0.25, -0.2) is 4.39 Å². The average molecular weight is 431 g/mol. The second-order valence-electron chi connectivity index (χ2n) is 7.40. The first kappa shape index (κ1) is 23.1. The molecule has 166 valence electrons. The third-order valence-corrected chi connectivity index (χ3v) is 5.08. The van der Waals surface area contributed by atoms with E-state index in [9.17, 15) is 8.78 Å². The topological polar surface area (TPSA) is 60.7 Å². The molecule has 1 aliphatic rings. The summed E-state index contributed by atoms with van der Waals surface area (Å²) in [6.07, 6.45) is 4.09. The fraction of sp³-hybridized carbons (Fsp3) is 0.458. The summed E-state index contributed by atoms with van der Waals surface area (Å²) >= 11 is 0. The average Bonchev–Trinajstić information content (AvgIpc) is 2.81. The van der Waals surface area contributed by atoms with Crippen molar-refractivity contribution in [1.29, 1.82) is 5.26 Å². The number of rotatable bonds is 10. The molecule has 5 nitrogen and oxygen atoms in total. The molecule has 2 atom stereocenters. The van der Waals surface area contributed by atoms with Crippen molar-refractivity contribution >= 4 is 0 Å². The van der Waals surface area contributed by atoms with E-state index in [1.165, 1.54) is 25.0 Å². The van der Waals surface area contributed by atoms with Gasteiger partial charge in [0, 0.05) is 6.61 Å². The first-order valence-corrected chi connectivity index (χ1v) is 10.6. The van der Waals surface area contributed by atoms with E-state index in [0.29, 0.717) is 19.8 Å². The number of nitrogens with zero attached hydrogens (tertiary/aromatic N) is 1. The highest BCUT2D eigenvalue weighted by molar-refractivity contribution is 5.38. The predicted molar refractivity (Wildman–Crippen MR) is 110 cm³/mol. The van der Waals surface area contributed by atoms with Crippen molar-refractivity contribution in [2.75, 3.05) is 19.8 Å². The lowest BCUT2D eigenvalue weighted by atomic mass is 10.1. The summed E-state index contributed by atoms with van der Waals surface area (Å²) in [5.74, 6) is -2.59. The Kier molecular flexibility index (Phi) is 8.77. The Labute approximate surface area is 181 Å². The van der Waals surface area contributed by atoms with Crippen LogP contribution in [-0.2, 0) is 20.8 Å². The number of halogens is 2. The number of hydrogen-bond donors (Lipinski definition) is 0. The molecular weight excluding hydrogens is 404 g/mol. The molecule has 1 heterocycles. The molecule has 1 fully saturated rings. The minimum Gasteiger partial charge on any atom is -0.486 e. The molecule has 7 heteroatoms. The van der Waals surface area contributed by atoms with Gasteiger partial charge < -0.3 is 18.9 Å². The van der Waals surface area contributed by atoms with Gasteiger partial charge in [-0.15, -0.1) is 0 Å². The summed E-state index contributed by atoms with van der Waals surface area (Å²) < 4.78 is 50.3. The number of ether oxygens (including phenoxy) is 4. The Hall–Kier alpha value is -2.53. The third kappa shape index (κ3) is 6.47. The maximum Gasteiger partial charge on any atom is 0.202 e. The summed E-state index contributed by atoms with van der Waals surface area (Å²) in [5, 5.41) is 8.73. The molecule has 2 aromatic carbocycles. The normalized spacial score (nSPS) is 18.5. The van der Waals surface area contributed by atoms with Gasteiger partial charge in [-0.3, -0.25) is 0 Å². The molecule has 0 bridgehead atoms. The fourth-order valence-corrected chi connectivity index (χ4v) is 3.24. The van der Waals surface area contributed by atoms with Crippen molar-refractivity contribution in [1.82, 2.24) is 0 Å². The molecule has 0 saturated carbocycles. The summed E-state index contributed by atoms with van der Waals surface area (Å²) in [6, 6.07) is 11.5. The van der Waals surface area contributed by atoms with Crippen LogP contribution in [0.15, 0.2) is 36.4 Å². The van der Waals surface area contributed by atoms with Gasteiger partial charge in [0.1, 0.15) is 18.8 Å². The van der Waals surface area contributed by atoms with Gasteiger partial charge in [0.25, 0.3) is 0 Å². The van der Waals surface area contributed by atoms with E-state index in [1.807, 2.05) is 24.3 Å². The van der Waals surface area contributed by atoms with Crippen molar-refractivity contribution in [3.63, 3.8) is 0 Å². The SMILES string of the molecule is CCCCCCOC1COC(c2ccc(COc3ccc(C#N)c(F)c3F)cc2)CO1. The largest absolute Gasteiger partial charge is 0.486 e. The number of hydrogen-bond acceptors (Lipinski definition) is 5. The van der Waals surface area contributed by atoms with Crippen LogP contribution in [0, 0.1) is 23.0 Å². The Balaban J connectivity index is 1.45. The quantitative estimate of drug-likeness (QED) is 0.470. The van der Waals surface area contributed by atoms with E-state index in [0.717, 1.165) is 24.0 Å². The maximum atomic E-state index is 13.9. The van der Waals surface area contributed by atoms with Crippen LogP contribution in [0.2, 0.25) is 0 Å². The van der Waals surface area contributed by atoms with Crippen molar-refractivity contribution in [3.05, 3.63) is 64.7 Å². The van der Waals surface area contributed by atoms with E-state index in [-0.39, 0.29) is 30.3 Å². The monoisotopic (exact) mass is 431 g/mol. The molecule has 0 aliphatic carbocycles. The van der Waals surface area contributed by atoms with Gasteiger partial charge in [-0.05, 0) is 29.7 Å². The van der Waals surface area contributed by atoms with Crippen LogP contribution in [0.5, 0.6) is 5.75 Å². The zero-order valence-electron chi connectivity index (χ0n) is 17.6. The van der Waals surface area contributed by atoms with E-state index in [1.54, 1.807) is 6.07 Å². The lowest BCUT2D eigenvalue weighted by molar-refractivity contribution is -0.236. The molecule has 0 spiro atoms. The van der Waals surface area contributed by atoms with Gasteiger partial charge in [-0.2, -0.15) is 9.65 Å². The van der Waals surface area contributed by atoms with Crippen LogP contribution >= 0.6 is 0 Å². The maximum absolute atomic E-state index is 13.9. The molecule has 3 rings (SSSR count). The summed E-state index contributed by atoms with van der Waals surface area (Å²) in [5.41, 5.74) is 1.40. The highest BCUT2D eigenvalue weighted by atomic mass is 19.2. The third-order valence-electron chi connectivity index (χ3n) is 5.08. The lowest BCUT2D eigenvalue weighted by Gasteiger charge is -2.29. The van der Waals surface area contributed by atoms with E-state index in [2.05, 4.69) is 6.92 Å². The minimum atomic E-state index is -1.20. The molecule has 0 amide bonds. The van der Waals surface area contributed by atoms with Crippen molar-refractivity contribution in [3.8, 4) is 11.8 Å².